The summed E-state index contributed by atoms with van der Waals surface area (Å²) >= 11 is 0. The molecule has 3 N–H and O–H groups in total. The number of nitrogens with zero attached hydrogens (tertiary/aromatic N) is 1. The SMILES string of the molecule is CC(C)(C)c1ccc(OCC(N)=O)c(CN2CC[C@H](Oc3ccccc3F)[C@@H](O)CC2)c1. The van der Waals surface area contributed by atoms with Crippen molar-refractivity contribution in [1.82, 2.24) is 4.90 Å². The smallest absolute Gasteiger partial charge is 0.255 e. The molecule has 1 fully saturated rings. The predicted molar refractivity (Wildman–Crippen MR) is 121 cm³/mol. The van der Waals surface area contributed by atoms with E-state index in [4.69, 9.17) is 15.2 Å². The van der Waals surface area contributed by atoms with E-state index in [0.717, 1.165) is 11.1 Å². The third-order valence-corrected chi connectivity index (χ3v) is 5.71. The fourth-order valence-electron chi connectivity index (χ4n) is 3.81. The van der Waals surface area contributed by atoms with E-state index in [1.807, 2.05) is 12.1 Å². The molecular weight excluding hydrogens is 411 g/mol. The Bertz CT molecular complexity index is 928. The number of carbonyl (C=O) groups is 1. The van der Waals surface area contributed by atoms with Gasteiger partial charge in [0.05, 0.1) is 6.10 Å². The number of hydrogen-bond acceptors (Lipinski definition) is 5. The summed E-state index contributed by atoms with van der Waals surface area (Å²) in [4.78, 5) is 13.4. The van der Waals surface area contributed by atoms with Crippen molar-refractivity contribution < 1.29 is 23.8 Å². The average molecular weight is 445 g/mol. The number of aliphatic hydroxyl groups excluding tert-OH is 1. The molecule has 32 heavy (non-hydrogen) atoms. The summed E-state index contributed by atoms with van der Waals surface area (Å²) in [7, 11) is 0. The van der Waals surface area contributed by atoms with Crippen LogP contribution in [0.5, 0.6) is 11.5 Å². The zero-order valence-electron chi connectivity index (χ0n) is 19.0. The molecule has 1 aliphatic heterocycles. The molecule has 0 radical (unpaired) electrons. The number of hydrogen-bond donors (Lipinski definition) is 2. The minimum Gasteiger partial charge on any atom is -0.485 e. The number of carbonyl (C=O) groups excluding carboxylic acids is 1. The van der Waals surface area contributed by atoms with E-state index in [1.165, 1.54) is 6.07 Å². The lowest BCUT2D eigenvalue weighted by Gasteiger charge is -2.25. The molecule has 0 bridgehead atoms. The van der Waals surface area contributed by atoms with Gasteiger partial charge in [0.2, 0.25) is 0 Å². The zero-order valence-corrected chi connectivity index (χ0v) is 19.0. The fourth-order valence-corrected chi connectivity index (χ4v) is 3.81. The van der Waals surface area contributed by atoms with Gasteiger partial charge in [0, 0.05) is 25.2 Å². The maximum Gasteiger partial charge on any atom is 0.255 e. The average Bonchev–Trinajstić information content (AvgIpc) is 2.90. The van der Waals surface area contributed by atoms with E-state index in [1.54, 1.807) is 18.2 Å². The molecule has 0 aromatic heterocycles. The highest BCUT2D eigenvalue weighted by atomic mass is 19.1. The van der Waals surface area contributed by atoms with Crippen molar-refractivity contribution in [1.29, 1.82) is 0 Å². The van der Waals surface area contributed by atoms with Crippen molar-refractivity contribution in [3.63, 3.8) is 0 Å². The Morgan fingerprint density at radius 3 is 2.56 bits per heavy atom. The summed E-state index contributed by atoms with van der Waals surface area (Å²) in [5.74, 6) is -0.177. The molecule has 2 aromatic rings. The summed E-state index contributed by atoms with van der Waals surface area (Å²) in [6.45, 7) is 8.17. The normalized spacial score (nSPS) is 19.9. The Morgan fingerprint density at radius 1 is 1.16 bits per heavy atom. The Hall–Kier alpha value is -2.64. The lowest BCUT2D eigenvalue weighted by atomic mass is 9.86. The quantitative estimate of drug-likeness (QED) is 0.684. The number of para-hydroxylation sites is 1. The van der Waals surface area contributed by atoms with Crippen molar-refractivity contribution in [2.75, 3.05) is 19.7 Å². The molecule has 2 aromatic carbocycles. The van der Waals surface area contributed by atoms with E-state index < -0.39 is 23.9 Å². The number of ether oxygens (including phenoxy) is 2. The molecule has 6 nitrogen and oxygen atoms in total. The highest BCUT2D eigenvalue weighted by Gasteiger charge is 2.28. The lowest BCUT2D eigenvalue weighted by molar-refractivity contribution is -0.119. The summed E-state index contributed by atoms with van der Waals surface area (Å²) < 4.78 is 25.4. The molecule has 1 amide bonds. The summed E-state index contributed by atoms with van der Waals surface area (Å²) in [5, 5.41) is 10.6. The Kier molecular flexibility index (Phi) is 7.74. The molecule has 0 saturated carbocycles. The first kappa shape index (κ1) is 24.0. The van der Waals surface area contributed by atoms with E-state index in [2.05, 4.69) is 31.7 Å². The standard InChI is InChI=1S/C25H33FN2O4/c1-25(2,3)18-8-9-21(31-16-24(27)30)17(14-18)15-28-12-10-20(29)23(11-13-28)32-22-7-5-4-6-19(22)26/h4-9,14,20,23,29H,10-13,15-16H2,1-3H3,(H2,27,30)/t20-,23-/m0/s1. The molecular formula is C25H33FN2O4. The third-order valence-electron chi connectivity index (χ3n) is 5.71. The van der Waals surface area contributed by atoms with Gasteiger partial charge in [0.1, 0.15) is 11.9 Å². The van der Waals surface area contributed by atoms with Crippen LogP contribution in [0.25, 0.3) is 0 Å². The molecule has 2 atom stereocenters. The first-order chi connectivity index (χ1) is 15.1. The second kappa shape index (κ2) is 10.3. The molecule has 1 aliphatic rings. The van der Waals surface area contributed by atoms with Gasteiger partial charge in [-0.3, -0.25) is 9.69 Å². The van der Waals surface area contributed by atoms with Crippen LogP contribution in [-0.4, -0.2) is 47.8 Å². The maximum absolute atomic E-state index is 14.0. The number of amides is 1. The van der Waals surface area contributed by atoms with E-state index in [9.17, 15) is 14.3 Å². The first-order valence-corrected chi connectivity index (χ1v) is 11.0. The van der Waals surface area contributed by atoms with E-state index in [0.29, 0.717) is 38.2 Å². The number of primary amides is 1. The number of halogens is 1. The van der Waals surface area contributed by atoms with Crippen LogP contribution in [0.2, 0.25) is 0 Å². The van der Waals surface area contributed by atoms with Crippen molar-refractivity contribution >= 4 is 5.91 Å². The summed E-state index contributed by atoms with van der Waals surface area (Å²) in [6.07, 6.45) is -0.101. The van der Waals surface area contributed by atoms with E-state index in [-0.39, 0.29) is 17.8 Å². The number of benzene rings is 2. The Balaban J connectivity index is 1.73. The second-order valence-electron chi connectivity index (χ2n) is 9.34. The molecule has 7 heteroatoms. The van der Waals surface area contributed by atoms with Gasteiger partial charge in [-0.15, -0.1) is 0 Å². The van der Waals surface area contributed by atoms with Gasteiger partial charge in [-0.2, -0.15) is 0 Å². The Labute approximate surface area is 189 Å². The predicted octanol–water partition coefficient (Wildman–Crippen LogP) is 3.39. The van der Waals surface area contributed by atoms with Gasteiger partial charge in [0.15, 0.2) is 18.2 Å². The second-order valence-corrected chi connectivity index (χ2v) is 9.34. The zero-order chi connectivity index (χ0) is 23.3. The summed E-state index contributed by atoms with van der Waals surface area (Å²) in [5.41, 5.74) is 7.34. The van der Waals surface area contributed by atoms with Gasteiger partial charge in [-0.1, -0.05) is 45.0 Å². The number of likely N-dealkylation sites (tertiary alicyclic amines) is 1. The monoisotopic (exact) mass is 444 g/mol. The van der Waals surface area contributed by atoms with Crippen LogP contribution in [0.4, 0.5) is 4.39 Å². The largest absolute Gasteiger partial charge is 0.485 e. The van der Waals surface area contributed by atoms with Crippen LogP contribution in [0.15, 0.2) is 42.5 Å². The van der Waals surface area contributed by atoms with Gasteiger partial charge < -0.3 is 20.3 Å². The highest BCUT2D eigenvalue weighted by molar-refractivity contribution is 5.75. The molecule has 0 aliphatic carbocycles. The van der Waals surface area contributed by atoms with Crippen LogP contribution < -0.4 is 15.2 Å². The first-order valence-electron chi connectivity index (χ1n) is 11.0. The van der Waals surface area contributed by atoms with Gasteiger partial charge in [0.25, 0.3) is 5.91 Å². The molecule has 0 unspecified atom stereocenters. The minimum absolute atomic E-state index is 0.0371. The van der Waals surface area contributed by atoms with Crippen molar-refractivity contribution in [2.45, 2.75) is 57.8 Å². The molecule has 0 spiro atoms. The van der Waals surface area contributed by atoms with Crippen molar-refractivity contribution in [3.8, 4) is 11.5 Å². The van der Waals surface area contributed by atoms with Crippen LogP contribution >= 0.6 is 0 Å². The Morgan fingerprint density at radius 2 is 1.88 bits per heavy atom. The molecule has 1 saturated heterocycles. The van der Waals surface area contributed by atoms with Gasteiger partial charge >= 0.3 is 0 Å². The highest BCUT2D eigenvalue weighted by Crippen LogP contribution is 2.30. The van der Waals surface area contributed by atoms with Crippen molar-refractivity contribution in [3.05, 3.63) is 59.4 Å². The van der Waals surface area contributed by atoms with E-state index >= 15 is 0 Å². The van der Waals surface area contributed by atoms with Crippen LogP contribution in [0, 0.1) is 5.82 Å². The molecule has 174 valence electrons. The van der Waals surface area contributed by atoms with Crippen LogP contribution in [0.3, 0.4) is 0 Å². The minimum atomic E-state index is -0.689. The molecule has 3 rings (SSSR count). The number of aliphatic hydroxyl groups is 1. The number of rotatable bonds is 7. The maximum atomic E-state index is 14.0. The number of nitrogens with two attached hydrogens (primary N) is 1. The van der Waals surface area contributed by atoms with Crippen LogP contribution in [-0.2, 0) is 16.8 Å². The van der Waals surface area contributed by atoms with Crippen molar-refractivity contribution in [2.24, 2.45) is 5.73 Å². The fraction of sp³-hybridized carbons (Fsp3) is 0.480. The third kappa shape index (κ3) is 6.43. The van der Waals surface area contributed by atoms with Gasteiger partial charge in [-0.25, -0.2) is 4.39 Å². The van der Waals surface area contributed by atoms with Gasteiger partial charge in [-0.05, 0) is 42.0 Å². The summed E-state index contributed by atoms with van der Waals surface area (Å²) in [6, 6.07) is 12.2. The topological polar surface area (TPSA) is 85.0 Å². The van der Waals surface area contributed by atoms with Crippen LogP contribution in [0.1, 0.15) is 44.7 Å². The molecule has 1 heterocycles. The lowest BCUT2D eigenvalue weighted by Crippen LogP contribution is -2.31.